The fourth-order valence-electron chi connectivity index (χ4n) is 2.81. The molecule has 1 fully saturated rings. The van der Waals surface area contributed by atoms with Gasteiger partial charge in [-0.25, -0.2) is 0 Å². The molecular weight excluding hydrogens is 236 g/mol. The first-order chi connectivity index (χ1) is 9.19. The van der Waals surface area contributed by atoms with Crippen LogP contribution in [0.5, 0.6) is 0 Å². The Labute approximate surface area is 115 Å². The van der Waals surface area contributed by atoms with Gasteiger partial charge in [0.25, 0.3) is 0 Å². The molecule has 2 rings (SSSR count). The highest BCUT2D eigenvalue weighted by atomic mass is 16.2. The first-order valence-electron chi connectivity index (χ1n) is 7.31. The van der Waals surface area contributed by atoms with E-state index in [0.29, 0.717) is 6.42 Å². The number of rotatable bonds is 3. The van der Waals surface area contributed by atoms with Crippen LogP contribution in [0.15, 0.2) is 24.3 Å². The van der Waals surface area contributed by atoms with Crippen LogP contribution < -0.4 is 5.73 Å². The molecular formula is C16H24N2O. The van der Waals surface area contributed by atoms with Gasteiger partial charge in [0, 0.05) is 18.8 Å². The number of nitrogens with zero attached hydrogens (tertiary/aromatic N) is 1. The summed E-state index contributed by atoms with van der Waals surface area (Å²) < 4.78 is 0. The Kier molecular flexibility index (Phi) is 4.83. The Bertz CT molecular complexity index is 431. The summed E-state index contributed by atoms with van der Waals surface area (Å²) in [5.41, 5.74) is 7.49. The lowest BCUT2D eigenvalue weighted by Gasteiger charge is -2.20. The number of nitrogens with two attached hydrogens (primary N) is 1. The van der Waals surface area contributed by atoms with Crippen molar-refractivity contribution in [2.75, 3.05) is 18.8 Å². The summed E-state index contributed by atoms with van der Waals surface area (Å²) in [5.74, 6) is 1.03. The van der Waals surface area contributed by atoms with E-state index in [0.717, 1.165) is 43.1 Å². The van der Waals surface area contributed by atoms with Crippen molar-refractivity contribution in [1.29, 1.82) is 0 Å². The predicted octanol–water partition coefficient (Wildman–Crippen LogP) is 2.85. The number of carbonyl (C=O) groups excluding carboxylic acids is 1. The summed E-state index contributed by atoms with van der Waals surface area (Å²) in [6.45, 7) is 4.08. The molecule has 0 aliphatic carbocycles. The van der Waals surface area contributed by atoms with Crippen molar-refractivity contribution < 1.29 is 4.79 Å². The number of amides is 1. The van der Waals surface area contributed by atoms with Crippen molar-refractivity contribution in [1.82, 2.24) is 4.90 Å². The third-order valence-electron chi connectivity index (χ3n) is 4.08. The zero-order chi connectivity index (χ0) is 13.7. The molecule has 1 saturated heterocycles. The molecule has 0 aromatic heterocycles. The number of hydrogen-bond donors (Lipinski definition) is 1. The van der Waals surface area contributed by atoms with E-state index in [1.165, 1.54) is 12.8 Å². The number of anilines is 1. The van der Waals surface area contributed by atoms with Crippen LogP contribution in [0.4, 0.5) is 5.69 Å². The van der Waals surface area contributed by atoms with Crippen LogP contribution in [0.1, 0.15) is 38.2 Å². The lowest BCUT2D eigenvalue weighted by atomic mass is 9.98. The molecule has 3 heteroatoms. The van der Waals surface area contributed by atoms with Crippen molar-refractivity contribution in [3.05, 3.63) is 29.8 Å². The molecule has 1 atom stereocenters. The molecule has 0 radical (unpaired) electrons. The van der Waals surface area contributed by atoms with Gasteiger partial charge < -0.3 is 10.6 Å². The third-order valence-corrected chi connectivity index (χ3v) is 4.08. The van der Waals surface area contributed by atoms with Gasteiger partial charge in [0.15, 0.2) is 0 Å². The third kappa shape index (κ3) is 3.98. The molecule has 1 unspecified atom stereocenters. The van der Waals surface area contributed by atoms with Gasteiger partial charge in [-0.05, 0) is 42.9 Å². The SMILES string of the molecule is CCC1CCCN(C(=O)Cc2cccc(N)c2)CC1. The van der Waals surface area contributed by atoms with Crippen molar-refractivity contribution >= 4 is 11.6 Å². The van der Waals surface area contributed by atoms with E-state index in [1.54, 1.807) is 0 Å². The van der Waals surface area contributed by atoms with E-state index < -0.39 is 0 Å². The van der Waals surface area contributed by atoms with Crippen LogP contribution in [-0.4, -0.2) is 23.9 Å². The predicted molar refractivity (Wildman–Crippen MR) is 78.8 cm³/mol. The lowest BCUT2D eigenvalue weighted by molar-refractivity contribution is -0.130. The zero-order valence-corrected chi connectivity index (χ0v) is 11.8. The summed E-state index contributed by atoms with van der Waals surface area (Å²) in [7, 11) is 0. The van der Waals surface area contributed by atoms with E-state index in [4.69, 9.17) is 5.73 Å². The molecule has 1 aliphatic heterocycles. The number of hydrogen-bond acceptors (Lipinski definition) is 2. The monoisotopic (exact) mass is 260 g/mol. The maximum Gasteiger partial charge on any atom is 0.226 e. The van der Waals surface area contributed by atoms with Gasteiger partial charge in [-0.2, -0.15) is 0 Å². The van der Waals surface area contributed by atoms with Crippen molar-refractivity contribution in [3.8, 4) is 0 Å². The second-order valence-electron chi connectivity index (χ2n) is 5.51. The number of likely N-dealkylation sites (tertiary alicyclic amines) is 1. The average molecular weight is 260 g/mol. The molecule has 2 N–H and O–H groups in total. The van der Waals surface area contributed by atoms with Gasteiger partial charge in [0.2, 0.25) is 5.91 Å². The van der Waals surface area contributed by atoms with E-state index in [2.05, 4.69) is 6.92 Å². The summed E-state index contributed by atoms with van der Waals surface area (Å²) in [5, 5.41) is 0. The normalized spacial score (nSPS) is 20.1. The molecule has 0 saturated carbocycles. The maximum absolute atomic E-state index is 12.3. The smallest absolute Gasteiger partial charge is 0.226 e. The Morgan fingerprint density at radius 1 is 1.37 bits per heavy atom. The van der Waals surface area contributed by atoms with Gasteiger partial charge in [0.1, 0.15) is 0 Å². The highest BCUT2D eigenvalue weighted by Crippen LogP contribution is 2.20. The second kappa shape index (κ2) is 6.60. The summed E-state index contributed by atoms with van der Waals surface area (Å²) in [6, 6.07) is 7.63. The Balaban J connectivity index is 1.92. The van der Waals surface area contributed by atoms with E-state index >= 15 is 0 Å². The molecule has 1 aromatic rings. The van der Waals surface area contributed by atoms with Crippen LogP contribution in [0.3, 0.4) is 0 Å². The van der Waals surface area contributed by atoms with Crippen molar-refractivity contribution in [2.45, 2.75) is 39.0 Å². The Hall–Kier alpha value is -1.51. The molecule has 1 amide bonds. The molecule has 1 aliphatic rings. The minimum absolute atomic E-state index is 0.238. The van der Waals surface area contributed by atoms with Crippen LogP contribution in [0.2, 0.25) is 0 Å². The molecule has 0 bridgehead atoms. The standard InChI is InChI=1S/C16H24N2O/c1-2-13-6-4-9-18(10-8-13)16(19)12-14-5-3-7-15(17)11-14/h3,5,7,11,13H,2,4,6,8-10,12,17H2,1H3. The Morgan fingerprint density at radius 3 is 2.95 bits per heavy atom. The van der Waals surface area contributed by atoms with Crippen LogP contribution in [0.25, 0.3) is 0 Å². The first-order valence-corrected chi connectivity index (χ1v) is 7.31. The van der Waals surface area contributed by atoms with Crippen molar-refractivity contribution in [3.63, 3.8) is 0 Å². The largest absolute Gasteiger partial charge is 0.399 e. The lowest BCUT2D eigenvalue weighted by Crippen LogP contribution is -2.33. The fourth-order valence-corrected chi connectivity index (χ4v) is 2.81. The summed E-state index contributed by atoms with van der Waals surface area (Å²) >= 11 is 0. The number of benzene rings is 1. The molecule has 0 spiro atoms. The average Bonchev–Trinajstić information content (AvgIpc) is 2.64. The molecule has 1 heterocycles. The molecule has 3 nitrogen and oxygen atoms in total. The molecule has 104 valence electrons. The van der Waals surface area contributed by atoms with Gasteiger partial charge in [0.05, 0.1) is 6.42 Å². The van der Waals surface area contributed by atoms with Gasteiger partial charge >= 0.3 is 0 Å². The van der Waals surface area contributed by atoms with Crippen LogP contribution in [0, 0.1) is 5.92 Å². The van der Waals surface area contributed by atoms with Gasteiger partial charge in [-0.3, -0.25) is 4.79 Å². The van der Waals surface area contributed by atoms with Crippen LogP contribution >= 0.6 is 0 Å². The quantitative estimate of drug-likeness (QED) is 0.849. The van der Waals surface area contributed by atoms with E-state index in [1.807, 2.05) is 29.2 Å². The number of carbonyl (C=O) groups is 1. The molecule has 1 aromatic carbocycles. The second-order valence-corrected chi connectivity index (χ2v) is 5.51. The molecule has 19 heavy (non-hydrogen) atoms. The van der Waals surface area contributed by atoms with Gasteiger partial charge in [-0.15, -0.1) is 0 Å². The highest BCUT2D eigenvalue weighted by Gasteiger charge is 2.19. The Morgan fingerprint density at radius 2 is 2.21 bits per heavy atom. The summed E-state index contributed by atoms with van der Waals surface area (Å²) in [6.07, 6.45) is 5.26. The summed E-state index contributed by atoms with van der Waals surface area (Å²) in [4.78, 5) is 14.3. The van der Waals surface area contributed by atoms with Crippen molar-refractivity contribution in [2.24, 2.45) is 5.92 Å². The fraction of sp³-hybridized carbons (Fsp3) is 0.562. The minimum Gasteiger partial charge on any atom is -0.399 e. The van der Waals surface area contributed by atoms with E-state index in [-0.39, 0.29) is 5.91 Å². The topological polar surface area (TPSA) is 46.3 Å². The maximum atomic E-state index is 12.3. The minimum atomic E-state index is 0.238. The van der Waals surface area contributed by atoms with Gasteiger partial charge in [-0.1, -0.05) is 25.5 Å². The highest BCUT2D eigenvalue weighted by molar-refractivity contribution is 5.79. The van der Waals surface area contributed by atoms with E-state index in [9.17, 15) is 4.79 Å². The van der Waals surface area contributed by atoms with Crippen LogP contribution in [-0.2, 0) is 11.2 Å². The number of nitrogen functional groups attached to an aromatic ring is 1. The zero-order valence-electron chi connectivity index (χ0n) is 11.8. The first kappa shape index (κ1) is 13.9.